The Bertz CT molecular complexity index is 368. The van der Waals surface area contributed by atoms with Crippen molar-refractivity contribution in [3.63, 3.8) is 0 Å². The molecule has 1 saturated carbocycles. The fourth-order valence-electron chi connectivity index (χ4n) is 3.57. The number of likely N-dealkylation sites (N-methyl/N-ethyl adjacent to an activating group) is 1. The van der Waals surface area contributed by atoms with Crippen molar-refractivity contribution in [2.75, 3.05) is 6.54 Å². The van der Waals surface area contributed by atoms with Crippen LogP contribution in [0.3, 0.4) is 0 Å². The van der Waals surface area contributed by atoms with Crippen molar-refractivity contribution in [2.45, 2.75) is 58.9 Å². The smallest absolute Gasteiger partial charge is 0.0138 e. The van der Waals surface area contributed by atoms with E-state index in [-0.39, 0.29) is 0 Å². The normalized spacial score (nSPS) is 24.6. The number of hydrogen-bond donors (Lipinski definition) is 1. The van der Waals surface area contributed by atoms with E-state index in [1.54, 1.807) is 0 Å². The summed E-state index contributed by atoms with van der Waals surface area (Å²) >= 11 is 0. The molecule has 1 aromatic rings. The predicted molar refractivity (Wildman–Crippen MR) is 83.5 cm³/mol. The molecular formula is C18H29N. The lowest BCUT2D eigenvalue weighted by molar-refractivity contribution is 0.298. The van der Waals surface area contributed by atoms with Gasteiger partial charge in [0.15, 0.2) is 0 Å². The number of hydrogen-bond acceptors (Lipinski definition) is 1. The van der Waals surface area contributed by atoms with Crippen LogP contribution in [0.5, 0.6) is 0 Å². The van der Waals surface area contributed by atoms with Gasteiger partial charge in [-0.2, -0.15) is 0 Å². The summed E-state index contributed by atoms with van der Waals surface area (Å²) in [5.74, 6) is 1.75. The Morgan fingerprint density at radius 1 is 1.11 bits per heavy atom. The minimum absolute atomic E-state index is 0.662. The quantitative estimate of drug-likeness (QED) is 0.807. The summed E-state index contributed by atoms with van der Waals surface area (Å²) in [5, 5.41) is 3.73. The third-order valence-corrected chi connectivity index (χ3v) is 4.80. The molecule has 3 atom stereocenters. The highest BCUT2D eigenvalue weighted by Gasteiger charge is 2.30. The topological polar surface area (TPSA) is 12.0 Å². The summed E-state index contributed by atoms with van der Waals surface area (Å²) in [6, 6.07) is 9.88. The van der Waals surface area contributed by atoms with Crippen LogP contribution in [0.2, 0.25) is 0 Å². The number of benzene rings is 1. The van der Waals surface area contributed by atoms with Gasteiger partial charge in [0.25, 0.3) is 0 Å². The van der Waals surface area contributed by atoms with E-state index in [9.17, 15) is 0 Å². The molecule has 0 amide bonds. The summed E-state index contributed by atoms with van der Waals surface area (Å²) in [7, 11) is 0. The summed E-state index contributed by atoms with van der Waals surface area (Å²) in [6.07, 6.45) is 6.57. The van der Waals surface area contributed by atoms with Crippen LogP contribution in [0.1, 0.15) is 51.2 Å². The highest BCUT2D eigenvalue weighted by atomic mass is 14.9. The van der Waals surface area contributed by atoms with Crippen LogP contribution in [0.15, 0.2) is 24.3 Å². The van der Waals surface area contributed by atoms with Gasteiger partial charge in [-0.1, -0.05) is 57.9 Å². The lowest BCUT2D eigenvalue weighted by Crippen LogP contribution is -2.39. The maximum absolute atomic E-state index is 3.73. The second-order valence-corrected chi connectivity index (χ2v) is 6.11. The van der Waals surface area contributed by atoms with Gasteiger partial charge in [-0.05, 0) is 48.8 Å². The Morgan fingerprint density at radius 2 is 1.79 bits per heavy atom. The van der Waals surface area contributed by atoms with E-state index in [0.29, 0.717) is 6.04 Å². The van der Waals surface area contributed by atoms with Crippen LogP contribution >= 0.6 is 0 Å². The van der Waals surface area contributed by atoms with Crippen LogP contribution < -0.4 is 5.32 Å². The predicted octanol–water partition coefficient (Wildman–Crippen LogP) is 4.21. The monoisotopic (exact) mass is 259 g/mol. The Morgan fingerprint density at radius 3 is 2.32 bits per heavy atom. The summed E-state index contributed by atoms with van der Waals surface area (Å²) in [5.41, 5.74) is 2.93. The lowest BCUT2D eigenvalue weighted by Gasteiger charge is -2.28. The summed E-state index contributed by atoms with van der Waals surface area (Å²) in [4.78, 5) is 0. The van der Waals surface area contributed by atoms with Crippen LogP contribution in [-0.2, 0) is 12.8 Å². The third kappa shape index (κ3) is 3.82. The molecular weight excluding hydrogens is 230 g/mol. The van der Waals surface area contributed by atoms with Crippen LogP contribution in [0.25, 0.3) is 0 Å². The number of aryl methyl sites for hydroxylation is 1. The molecule has 1 fully saturated rings. The largest absolute Gasteiger partial charge is 0.314 e. The third-order valence-electron chi connectivity index (χ3n) is 4.80. The van der Waals surface area contributed by atoms with Gasteiger partial charge >= 0.3 is 0 Å². The van der Waals surface area contributed by atoms with E-state index in [0.717, 1.165) is 24.8 Å². The Balaban J connectivity index is 2.02. The van der Waals surface area contributed by atoms with E-state index >= 15 is 0 Å². The molecule has 1 N–H and O–H groups in total. The van der Waals surface area contributed by atoms with E-state index in [1.807, 2.05) is 0 Å². The second-order valence-electron chi connectivity index (χ2n) is 6.11. The van der Waals surface area contributed by atoms with Crippen LogP contribution in [0, 0.1) is 11.8 Å². The van der Waals surface area contributed by atoms with Gasteiger partial charge in [-0.3, -0.25) is 0 Å². The summed E-state index contributed by atoms with van der Waals surface area (Å²) < 4.78 is 0. The first-order valence-electron chi connectivity index (χ1n) is 8.05. The molecule has 0 spiro atoms. The molecule has 0 aliphatic heterocycles. The molecule has 1 aromatic carbocycles. The standard InChI is InChI=1S/C18H29N/c1-4-15-9-11-16(12-10-15)13-18(19-5-2)17-8-6-7-14(17)3/h9-12,14,17-19H,4-8,13H2,1-3H3. The number of rotatable bonds is 6. The molecule has 1 heteroatoms. The average Bonchev–Trinajstić information content (AvgIpc) is 2.85. The Labute approximate surface area is 118 Å². The van der Waals surface area contributed by atoms with Gasteiger partial charge in [-0.25, -0.2) is 0 Å². The fraction of sp³-hybridized carbons (Fsp3) is 0.667. The van der Waals surface area contributed by atoms with Crippen molar-refractivity contribution in [1.29, 1.82) is 0 Å². The zero-order valence-corrected chi connectivity index (χ0v) is 12.8. The first-order chi connectivity index (χ1) is 9.24. The van der Waals surface area contributed by atoms with Crippen LogP contribution in [0.4, 0.5) is 0 Å². The highest BCUT2D eigenvalue weighted by Crippen LogP contribution is 2.34. The molecule has 1 nitrogen and oxygen atoms in total. The highest BCUT2D eigenvalue weighted by molar-refractivity contribution is 5.23. The molecule has 19 heavy (non-hydrogen) atoms. The molecule has 0 bridgehead atoms. The van der Waals surface area contributed by atoms with E-state index in [1.165, 1.54) is 36.8 Å². The van der Waals surface area contributed by atoms with E-state index in [4.69, 9.17) is 0 Å². The fourth-order valence-corrected chi connectivity index (χ4v) is 3.57. The molecule has 1 aliphatic carbocycles. The molecule has 3 unspecified atom stereocenters. The Hall–Kier alpha value is -0.820. The van der Waals surface area contributed by atoms with E-state index < -0.39 is 0 Å². The van der Waals surface area contributed by atoms with Gasteiger partial charge in [0.05, 0.1) is 0 Å². The van der Waals surface area contributed by atoms with Gasteiger partial charge in [-0.15, -0.1) is 0 Å². The molecule has 0 radical (unpaired) electrons. The summed E-state index contributed by atoms with van der Waals surface area (Å²) in [6.45, 7) is 7.96. The van der Waals surface area contributed by atoms with Crippen molar-refractivity contribution in [3.8, 4) is 0 Å². The van der Waals surface area contributed by atoms with Gasteiger partial charge in [0.2, 0.25) is 0 Å². The molecule has 0 heterocycles. The van der Waals surface area contributed by atoms with Crippen molar-refractivity contribution < 1.29 is 0 Å². The van der Waals surface area contributed by atoms with Crippen molar-refractivity contribution in [3.05, 3.63) is 35.4 Å². The average molecular weight is 259 g/mol. The van der Waals surface area contributed by atoms with Gasteiger partial charge in [0, 0.05) is 6.04 Å². The van der Waals surface area contributed by atoms with Crippen molar-refractivity contribution in [1.82, 2.24) is 5.32 Å². The maximum Gasteiger partial charge on any atom is 0.0138 e. The molecule has 1 aliphatic rings. The first-order valence-corrected chi connectivity index (χ1v) is 8.05. The minimum Gasteiger partial charge on any atom is -0.314 e. The molecule has 106 valence electrons. The van der Waals surface area contributed by atoms with Crippen molar-refractivity contribution in [2.24, 2.45) is 11.8 Å². The minimum atomic E-state index is 0.662. The van der Waals surface area contributed by atoms with E-state index in [2.05, 4.69) is 50.4 Å². The van der Waals surface area contributed by atoms with Crippen molar-refractivity contribution >= 4 is 0 Å². The number of nitrogens with one attached hydrogen (secondary N) is 1. The Kier molecular flexibility index (Phi) is 5.45. The molecule has 0 aromatic heterocycles. The molecule has 0 saturated heterocycles. The molecule has 2 rings (SSSR count). The van der Waals surface area contributed by atoms with Gasteiger partial charge in [0.1, 0.15) is 0 Å². The zero-order valence-electron chi connectivity index (χ0n) is 12.8. The zero-order chi connectivity index (χ0) is 13.7. The SMILES string of the molecule is CCNC(Cc1ccc(CC)cc1)C1CCCC1C. The van der Waals surface area contributed by atoms with Gasteiger partial charge < -0.3 is 5.32 Å². The lowest BCUT2D eigenvalue weighted by atomic mass is 9.86. The maximum atomic E-state index is 3.73. The van der Waals surface area contributed by atoms with Crippen LogP contribution in [-0.4, -0.2) is 12.6 Å². The second kappa shape index (κ2) is 7.09. The first kappa shape index (κ1) is 14.6.